The van der Waals surface area contributed by atoms with E-state index >= 15 is 0 Å². The van der Waals surface area contributed by atoms with Gasteiger partial charge in [0.2, 0.25) is 0 Å². The third kappa shape index (κ3) is 1.12. The summed E-state index contributed by atoms with van der Waals surface area (Å²) in [4.78, 5) is 13.6. The van der Waals surface area contributed by atoms with Crippen LogP contribution >= 0.6 is 0 Å². The van der Waals surface area contributed by atoms with Crippen LogP contribution in [0, 0.1) is 0 Å². The Morgan fingerprint density at radius 3 is 3.00 bits per heavy atom. The predicted molar refractivity (Wildman–Crippen MR) is 44.8 cm³/mol. The molecule has 2 saturated heterocycles. The smallest absolute Gasteiger partial charge is 0.323 e. The second-order valence-electron chi connectivity index (χ2n) is 3.65. The standard InChI is InChI=1S/C9H15NO2/c1-12-9(11)8-5-4-7-3-2-6-10(7)8/h7-8H,2-6H2,1H3/t7-,8+/m0/s1. The van der Waals surface area contributed by atoms with E-state index in [-0.39, 0.29) is 12.0 Å². The highest BCUT2D eigenvalue weighted by Gasteiger charge is 2.40. The summed E-state index contributed by atoms with van der Waals surface area (Å²) in [5.74, 6) is -0.0422. The average molecular weight is 169 g/mol. The Bertz CT molecular complexity index is 193. The van der Waals surface area contributed by atoms with E-state index in [1.165, 1.54) is 26.4 Å². The maximum absolute atomic E-state index is 11.3. The number of fused-ring (bicyclic) bond motifs is 1. The minimum Gasteiger partial charge on any atom is -0.468 e. The van der Waals surface area contributed by atoms with Gasteiger partial charge >= 0.3 is 5.97 Å². The molecule has 0 aromatic heterocycles. The molecule has 0 unspecified atom stereocenters. The molecule has 2 heterocycles. The molecule has 0 amide bonds. The van der Waals surface area contributed by atoms with Gasteiger partial charge in [0, 0.05) is 6.04 Å². The molecule has 3 nitrogen and oxygen atoms in total. The zero-order chi connectivity index (χ0) is 8.55. The number of ether oxygens (including phenoxy) is 1. The highest BCUT2D eigenvalue weighted by atomic mass is 16.5. The van der Waals surface area contributed by atoms with E-state index in [2.05, 4.69) is 4.90 Å². The van der Waals surface area contributed by atoms with Crippen LogP contribution < -0.4 is 0 Å². The van der Waals surface area contributed by atoms with Crippen LogP contribution in [0.2, 0.25) is 0 Å². The summed E-state index contributed by atoms with van der Waals surface area (Å²) < 4.78 is 4.76. The third-order valence-corrected chi connectivity index (χ3v) is 3.07. The molecule has 2 aliphatic heterocycles. The number of nitrogens with zero attached hydrogens (tertiary/aromatic N) is 1. The van der Waals surface area contributed by atoms with Gasteiger partial charge in [0.1, 0.15) is 6.04 Å². The Balaban J connectivity index is 2.04. The van der Waals surface area contributed by atoms with Crippen molar-refractivity contribution in [2.24, 2.45) is 0 Å². The van der Waals surface area contributed by atoms with Gasteiger partial charge in [-0.3, -0.25) is 9.69 Å². The number of methoxy groups -OCH3 is 1. The first-order valence-electron chi connectivity index (χ1n) is 4.66. The van der Waals surface area contributed by atoms with Gasteiger partial charge in [-0.05, 0) is 32.2 Å². The maximum atomic E-state index is 11.3. The lowest BCUT2D eigenvalue weighted by atomic mass is 10.1. The molecule has 0 bridgehead atoms. The molecular weight excluding hydrogens is 154 g/mol. The summed E-state index contributed by atoms with van der Waals surface area (Å²) in [6.07, 6.45) is 4.70. The first-order valence-corrected chi connectivity index (χ1v) is 4.66. The Morgan fingerprint density at radius 1 is 1.42 bits per heavy atom. The van der Waals surface area contributed by atoms with Crippen molar-refractivity contribution in [1.29, 1.82) is 0 Å². The summed E-state index contributed by atoms with van der Waals surface area (Å²) in [5, 5.41) is 0. The minimum atomic E-state index is -0.0422. The third-order valence-electron chi connectivity index (χ3n) is 3.07. The van der Waals surface area contributed by atoms with Gasteiger partial charge in [-0.1, -0.05) is 0 Å². The molecule has 0 N–H and O–H groups in total. The van der Waals surface area contributed by atoms with Gasteiger partial charge in [-0.15, -0.1) is 0 Å². The number of carbonyl (C=O) groups excluding carboxylic acids is 1. The van der Waals surface area contributed by atoms with E-state index < -0.39 is 0 Å². The Hall–Kier alpha value is -0.570. The van der Waals surface area contributed by atoms with Gasteiger partial charge in [-0.25, -0.2) is 0 Å². The molecule has 2 rings (SSSR count). The van der Waals surface area contributed by atoms with Gasteiger partial charge in [0.15, 0.2) is 0 Å². The minimum absolute atomic E-state index is 0.0422. The fourth-order valence-corrected chi connectivity index (χ4v) is 2.48. The quantitative estimate of drug-likeness (QED) is 0.543. The molecule has 0 saturated carbocycles. The number of hydrogen-bond donors (Lipinski definition) is 0. The van der Waals surface area contributed by atoms with Gasteiger partial charge in [-0.2, -0.15) is 0 Å². The van der Waals surface area contributed by atoms with Crippen molar-refractivity contribution in [3.63, 3.8) is 0 Å². The normalized spacial score (nSPS) is 35.1. The largest absolute Gasteiger partial charge is 0.468 e. The predicted octanol–water partition coefficient (Wildman–Crippen LogP) is 0.786. The van der Waals surface area contributed by atoms with Crippen LogP contribution in [0.3, 0.4) is 0 Å². The van der Waals surface area contributed by atoms with E-state index in [4.69, 9.17) is 4.74 Å². The van der Waals surface area contributed by atoms with Crippen molar-refractivity contribution in [3.8, 4) is 0 Å². The van der Waals surface area contributed by atoms with Gasteiger partial charge in [0.25, 0.3) is 0 Å². The lowest BCUT2D eigenvalue weighted by Crippen LogP contribution is -2.37. The van der Waals surface area contributed by atoms with Crippen LogP contribution in [0.25, 0.3) is 0 Å². The molecule has 2 atom stereocenters. The van der Waals surface area contributed by atoms with Crippen LogP contribution in [-0.2, 0) is 9.53 Å². The summed E-state index contributed by atoms with van der Waals surface area (Å²) in [7, 11) is 1.48. The SMILES string of the molecule is COC(=O)[C@H]1CC[C@@H]2CCCN21. The molecule has 68 valence electrons. The molecule has 12 heavy (non-hydrogen) atoms. The van der Waals surface area contributed by atoms with Crippen molar-refractivity contribution in [2.45, 2.75) is 37.8 Å². The fourth-order valence-electron chi connectivity index (χ4n) is 2.48. The second kappa shape index (κ2) is 3.05. The van der Waals surface area contributed by atoms with E-state index in [0.717, 1.165) is 13.0 Å². The molecule has 0 aromatic carbocycles. The molecular formula is C9H15NO2. The highest BCUT2D eigenvalue weighted by Crippen LogP contribution is 2.32. The maximum Gasteiger partial charge on any atom is 0.323 e. The summed E-state index contributed by atoms with van der Waals surface area (Å²) in [6, 6.07) is 0.747. The second-order valence-corrected chi connectivity index (χ2v) is 3.65. The topological polar surface area (TPSA) is 29.5 Å². The fraction of sp³-hybridized carbons (Fsp3) is 0.889. The molecule has 2 fully saturated rings. The summed E-state index contributed by atoms with van der Waals surface area (Å²) >= 11 is 0. The van der Waals surface area contributed by atoms with Crippen LogP contribution in [0.1, 0.15) is 25.7 Å². The lowest BCUT2D eigenvalue weighted by molar-refractivity contribution is -0.145. The van der Waals surface area contributed by atoms with E-state index in [1.54, 1.807) is 0 Å². The van der Waals surface area contributed by atoms with Gasteiger partial charge < -0.3 is 4.74 Å². The van der Waals surface area contributed by atoms with Crippen LogP contribution in [0.4, 0.5) is 0 Å². The molecule has 3 heteroatoms. The van der Waals surface area contributed by atoms with E-state index in [0.29, 0.717) is 6.04 Å². The van der Waals surface area contributed by atoms with Crippen LogP contribution in [0.15, 0.2) is 0 Å². The van der Waals surface area contributed by atoms with Crippen molar-refractivity contribution in [1.82, 2.24) is 4.90 Å². The monoisotopic (exact) mass is 169 g/mol. The highest BCUT2D eigenvalue weighted by molar-refractivity contribution is 5.76. The Kier molecular flexibility index (Phi) is 2.05. The van der Waals surface area contributed by atoms with Crippen molar-refractivity contribution in [2.75, 3.05) is 13.7 Å². The zero-order valence-electron chi connectivity index (χ0n) is 7.45. The number of carbonyl (C=O) groups is 1. The molecule has 0 radical (unpaired) electrons. The summed E-state index contributed by atoms with van der Waals surface area (Å²) in [5.41, 5.74) is 0. The van der Waals surface area contributed by atoms with Crippen molar-refractivity contribution >= 4 is 5.97 Å². The number of esters is 1. The first kappa shape index (κ1) is 8.05. The molecule has 0 spiro atoms. The molecule has 0 aliphatic carbocycles. The Labute approximate surface area is 72.7 Å². The van der Waals surface area contributed by atoms with Crippen molar-refractivity contribution in [3.05, 3.63) is 0 Å². The molecule has 2 aliphatic rings. The number of hydrogen-bond acceptors (Lipinski definition) is 3. The van der Waals surface area contributed by atoms with E-state index in [9.17, 15) is 4.79 Å². The van der Waals surface area contributed by atoms with Gasteiger partial charge in [0.05, 0.1) is 7.11 Å². The summed E-state index contributed by atoms with van der Waals surface area (Å²) in [6.45, 7) is 1.09. The zero-order valence-corrected chi connectivity index (χ0v) is 7.45. The Morgan fingerprint density at radius 2 is 2.25 bits per heavy atom. The first-order chi connectivity index (χ1) is 5.83. The molecule has 0 aromatic rings. The number of rotatable bonds is 1. The average Bonchev–Trinajstić information content (AvgIpc) is 2.62. The van der Waals surface area contributed by atoms with Crippen molar-refractivity contribution < 1.29 is 9.53 Å². The van der Waals surface area contributed by atoms with Crippen LogP contribution in [-0.4, -0.2) is 36.6 Å². The van der Waals surface area contributed by atoms with Crippen LogP contribution in [0.5, 0.6) is 0 Å². The lowest BCUT2D eigenvalue weighted by Gasteiger charge is -2.20. The van der Waals surface area contributed by atoms with E-state index in [1.807, 2.05) is 0 Å².